The van der Waals surface area contributed by atoms with Crippen molar-refractivity contribution in [3.8, 4) is 0 Å². The van der Waals surface area contributed by atoms with Crippen LogP contribution >= 0.6 is 0 Å². The summed E-state index contributed by atoms with van der Waals surface area (Å²) in [5.41, 5.74) is 1.68. The Morgan fingerprint density at radius 1 is 1.33 bits per heavy atom. The van der Waals surface area contributed by atoms with E-state index in [2.05, 4.69) is 17.3 Å². The molecule has 1 heterocycles. The highest BCUT2D eigenvalue weighted by Gasteiger charge is 2.12. The lowest BCUT2D eigenvalue weighted by Crippen LogP contribution is -2.25. The number of nitrogens with one attached hydrogen (secondary N) is 1. The van der Waals surface area contributed by atoms with Gasteiger partial charge in [-0.25, -0.2) is 4.39 Å². The predicted molar refractivity (Wildman–Crippen MR) is 82.6 cm³/mol. The van der Waals surface area contributed by atoms with E-state index in [1.165, 1.54) is 0 Å². The van der Waals surface area contributed by atoms with Gasteiger partial charge in [0.1, 0.15) is 11.6 Å². The lowest BCUT2D eigenvalue weighted by Gasteiger charge is -2.21. The number of halogens is 1. The summed E-state index contributed by atoms with van der Waals surface area (Å²) in [6.07, 6.45) is 2.60. The number of rotatable bonds is 7. The van der Waals surface area contributed by atoms with Gasteiger partial charge >= 0.3 is 0 Å². The molecule has 1 atom stereocenters. The van der Waals surface area contributed by atoms with Crippen LogP contribution in [0.5, 0.6) is 0 Å². The zero-order valence-electron chi connectivity index (χ0n) is 12.9. The molecule has 4 heteroatoms. The molecule has 0 aliphatic rings. The molecule has 0 spiro atoms. The summed E-state index contributed by atoms with van der Waals surface area (Å²) in [7, 11) is 3.97. The maximum Gasteiger partial charge on any atom is 0.126 e. The van der Waals surface area contributed by atoms with Crippen molar-refractivity contribution in [2.45, 2.75) is 25.9 Å². The average molecular weight is 290 g/mol. The van der Waals surface area contributed by atoms with Crippen molar-refractivity contribution in [2.24, 2.45) is 0 Å². The van der Waals surface area contributed by atoms with E-state index in [1.807, 2.05) is 31.3 Å². The first kappa shape index (κ1) is 15.7. The molecule has 0 bridgehead atoms. The molecule has 2 aromatic rings. The molecular formula is C17H23FN2O. The van der Waals surface area contributed by atoms with E-state index < -0.39 is 0 Å². The van der Waals surface area contributed by atoms with Crippen LogP contribution < -0.4 is 5.32 Å². The lowest BCUT2D eigenvalue weighted by molar-refractivity contribution is 0.278. The van der Waals surface area contributed by atoms with E-state index in [-0.39, 0.29) is 11.9 Å². The first-order valence-electron chi connectivity index (χ1n) is 7.24. The van der Waals surface area contributed by atoms with Gasteiger partial charge in [-0.05, 0) is 56.8 Å². The Bertz CT molecular complexity index is 554. The van der Waals surface area contributed by atoms with Gasteiger partial charge in [0.05, 0.1) is 12.8 Å². The molecule has 0 fully saturated rings. The fourth-order valence-electron chi connectivity index (χ4n) is 2.40. The standard InChI is InChI=1S/C17H23FN2O/c1-13-6-7-14(11-16(13)18)17(19-2)8-9-20(3)12-15-5-4-10-21-15/h4-7,10-11,17,19H,8-9,12H2,1-3H3. The zero-order chi connectivity index (χ0) is 15.2. The molecule has 0 saturated carbocycles. The van der Waals surface area contributed by atoms with E-state index >= 15 is 0 Å². The van der Waals surface area contributed by atoms with Gasteiger partial charge in [-0.3, -0.25) is 4.90 Å². The SMILES string of the molecule is CNC(CCN(C)Cc1ccco1)c1ccc(C)c(F)c1. The molecule has 0 aliphatic heterocycles. The van der Waals surface area contributed by atoms with Crippen LogP contribution in [0.1, 0.15) is 29.3 Å². The van der Waals surface area contributed by atoms with Crippen molar-refractivity contribution in [2.75, 3.05) is 20.6 Å². The van der Waals surface area contributed by atoms with Crippen LogP contribution in [0, 0.1) is 12.7 Å². The number of nitrogens with zero attached hydrogens (tertiary/aromatic N) is 1. The summed E-state index contributed by atoms with van der Waals surface area (Å²) in [4.78, 5) is 2.20. The summed E-state index contributed by atoms with van der Waals surface area (Å²) in [5, 5.41) is 3.26. The third-order valence-electron chi connectivity index (χ3n) is 3.75. The molecule has 1 unspecified atom stereocenters. The number of hydrogen-bond donors (Lipinski definition) is 1. The molecule has 114 valence electrons. The highest BCUT2D eigenvalue weighted by Crippen LogP contribution is 2.20. The summed E-state index contributed by atoms with van der Waals surface area (Å²) in [6.45, 7) is 3.47. The van der Waals surface area contributed by atoms with Crippen molar-refractivity contribution in [1.82, 2.24) is 10.2 Å². The Balaban J connectivity index is 1.91. The third-order valence-corrected chi connectivity index (χ3v) is 3.75. The van der Waals surface area contributed by atoms with Gasteiger partial charge in [0.25, 0.3) is 0 Å². The van der Waals surface area contributed by atoms with Crippen molar-refractivity contribution in [3.05, 3.63) is 59.3 Å². The quantitative estimate of drug-likeness (QED) is 0.846. The van der Waals surface area contributed by atoms with Crippen molar-refractivity contribution in [3.63, 3.8) is 0 Å². The van der Waals surface area contributed by atoms with Crippen LogP contribution in [0.15, 0.2) is 41.0 Å². The van der Waals surface area contributed by atoms with Gasteiger partial charge in [0.15, 0.2) is 0 Å². The molecule has 21 heavy (non-hydrogen) atoms. The fraction of sp³-hybridized carbons (Fsp3) is 0.412. The topological polar surface area (TPSA) is 28.4 Å². The van der Waals surface area contributed by atoms with Gasteiger partial charge in [-0.1, -0.05) is 12.1 Å². The Hall–Kier alpha value is -1.65. The normalized spacial score (nSPS) is 12.8. The predicted octanol–water partition coefficient (Wildman–Crippen LogP) is 3.51. The molecule has 1 aromatic heterocycles. The van der Waals surface area contributed by atoms with E-state index in [0.29, 0.717) is 5.56 Å². The number of aryl methyl sites for hydroxylation is 1. The van der Waals surface area contributed by atoms with E-state index in [4.69, 9.17) is 4.42 Å². The van der Waals surface area contributed by atoms with Gasteiger partial charge in [-0.15, -0.1) is 0 Å². The Labute approximate surface area is 125 Å². The molecule has 2 rings (SSSR count). The first-order valence-corrected chi connectivity index (χ1v) is 7.24. The molecule has 0 aliphatic carbocycles. The smallest absolute Gasteiger partial charge is 0.126 e. The largest absolute Gasteiger partial charge is 0.468 e. The number of benzene rings is 1. The molecule has 0 radical (unpaired) electrons. The van der Waals surface area contributed by atoms with E-state index in [9.17, 15) is 4.39 Å². The van der Waals surface area contributed by atoms with E-state index in [1.54, 1.807) is 19.3 Å². The maximum absolute atomic E-state index is 13.7. The summed E-state index contributed by atoms with van der Waals surface area (Å²) in [5.74, 6) is 0.816. The average Bonchev–Trinajstić information content (AvgIpc) is 2.96. The third kappa shape index (κ3) is 4.41. The van der Waals surface area contributed by atoms with Gasteiger partial charge < -0.3 is 9.73 Å². The zero-order valence-corrected chi connectivity index (χ0v) is 12.9. The molecule has 3 nitrogen and oxygen atoms in total. The second kappa shape index (κ2) is 7.38. The molecule has 0 amide bonds. The van der Waals surface area contributed by atoms with Crippen LogP contribution in [0.3, 0.4) is 0 Å². The molecule has 0 saturated heterocycles. The highest BCUT2D eigenvalue weighted by molar-refractivity contribution is 5.25. The van der Waals surface area contributed by atoms with E-state index in [0.717, 1.165) is 30.8 Å². The molecule has 1 N–H and O–H groups in total. The summed E-state index contributed by atoms with van der Waals surface area (Å²) >= 11 is 0. The van der Waals surface area contributed by atoms with Crippen molar-refractivity contribution >= 4 is 0 Å². The Kier molecular flexibility index (Phi) is 5.53. The maximum atomic E-state index is 13.7. The second-order valence-corrected chi connectivity index (χ2v) is 5.46. The lowest BCUT2D eigenvalue weighted by atomic mass is 10.0. The van der Waals surface area contributed by atoms with Gasteiger partial charge in [0.2, 0.25) is 0 Å². The van der Waals surface area contributed by atoms with Crippen LogP contribution in [-0.4, -0.2) is 25.5 Å². The fourth-order valence-corrected chi connectivity index (χ4v) is 2.40. The van der Waals surface area contributed by atoms with Crippen LogP contribution in [0.4, 0.5) is 4.39 Å². The monoisotopic (exact) mass is 290 g/mol. The number of furan rings is 1. The van der Waals surface area contributed by atoms with Crippen molar-refractivity contribution < 1.29 is 8.81 Å². The van der Waals surface area contributed by atoms with Gasteiger partial charge in [-0.2, -0.15) is 0 Å². The first-order chi connectivity index (χ1) is 10.1. The molecular weight excluding hydrogens is 267 g/mol. The molecule has 1 aromatic carbocycles. The van der Waals surface area contributed by atoms with Crippen LogP contribution in [-0.2, 0) is 6.54 Å². The van der Waals surface area contributed by atoms with Gasteiger partial charge in [0, 0.05) is 12.6 Å². The minimum atomic E-state index is -0.142. The highest BCUT2D eigenvalue weighted by atomic mass is 19.1. The Morgan fingerprint density at radius 3 is 2.76 bits per heavy atom. The minimum Gasteiger partial charge on any atom is -0.468 e. The number of hydrogen-bond acceptors (Lipinski definition) is 3. The second-order valence-electron chi connectivity index (χ2n) is 5.46. The van der Waals surface area contributed by atoms with Crippen molar-refractivity contribution in [1.29, 1.82) is 0 Å². The minimum absolute atomic E-state index is 0.142. The van der Waals surface area contributed by atoms with Crippen LogP contribution in [0.25, 0.3) is 0 Å². The summed E-state index contributed by atoms with van der Waals surface area (Å²) in [6, 6.07) is 9.48. The van der Waals surface area contributed by atoms with Crippen LogP contribution in [0.2, 0.25) is 0 Å². The summed E-state index contributed by atoms with van der Waals surface area (Å²) < 4.78 is 19.0. The Morgan fingerprint density at radius 2 is 2.14 bits per heavy atom.